The normalized spacial score (nSPS) is 12.0. The first-order valence-corrected chi connectivity index (χ1v) is 7.17. The van der Waals surface area contributed by atoms with Gasteiger partial charge in [-0.25, -0.2) is 0 Å². The fourth-order valence-electron chi connectivity index (χ4n) is 1.82. The molecular weight excluding hydrogens is 278 g/mol. The quantitative estimate of drug-likeness (QED) is 0.882. The summed E-state index contributed by atoms with van der Waals surface area (Å²) in [4.78, 5) is 14.0. The molecule has 0 aliphatic rings. The Morgan fingerprint density at radius 2 is 2.25 bits per heavy atom. The molecule has 0 fully saturated rings. The van der Waals surface area contributed by atoms with Gasteiger partial charge in [0.1, 0.15) is 5.54 Å². The summed E-state index contributed by atoms with van der Waals surface area (Å²) in [5.41, 5.74) is -0.980. The molecule has 0 saturated heterocycles. The second-order valence-electron chi connectivity index (χ2n) is 4.86. The van der Waals surface area contributed by atoms with Crippen molar-refractivity contribution in [1.82, 2.24) is 15.1 Å². The molecule has 0 spiro atoms. The van der Waals surface area contributed by atoms with Crippen LogP contribution in [0.1, 0.15) is 26.7 Å². The minimum absolute atomic E-state index is 0.314. The van der Waals surface area contributed by atoms with E-state index in [1.807, 2.05) is 24.4 Å². The predicted molar refractivity (Wildman–Crippen MR) is 75.4 cm³/mol. The van der Waals surface area contributed by atoms with Gasteiger partial charge in [0.05, 0.1) is 11.4 Å². The summed E-state index contributed by atoms with van der Waals surface area (Å²) in [5.74, 6) is 0.0149. The molecule has 0 aliphatic carbocycles. The summed E-state index contributed by atoms with van der Waals surface area (Å²) < 4.78 is 5.59. The lowest BCUT2D eigenvalue weighted by molar-refractivity contribution is -0.149. The predicted octanol–water partition coefficient (Wildman–Crippen LogP) is 2.48. The molecule has 0 aliphatic heterocycles. The first kappa shape index (κ1) is 14.7. The van der Waals surface area contributed by atoms with Crippen LogP contribution in [0.3, 0.4) is 0 Å². The first-order chi connectivity index (χ1) is 9.45. The van der Waals surface area contributed by atoms with Gasteiger partial charge in [-0.05, 0) is 31.8 Å². The van der Waals surface area contributed by atoms with Crippen LogP contribution in [0, 0.1) is 0 Å². The lowest BCUT2D eigenvalue weighted by Gasteiger charge is -2.32. The van der Waals surface area contributed by atoms with Gasteiger partial charge in [-0.2, -0.15) is 0 Å². The van der Waals surface area contributed by atoms with Crippen molar-refractivity contribution in [2.75, 3.05) is 6.54 Å². The summed E-state index contributed by atoms with van der Waals surface area (Å²) in [7, 11) is 0. The van der Waals surface area contributed by atoms with E-state index in [-0.39, 0.29) is 0 Å². The van der Waals surface area contributed by atoms with E-state index in [1.165, 1.54) is 11.3 Å². The maximum Gasteiger partial charge on any atom is 0.323 e. The summed E-state index contributed by atoms with van der Waals surface area (Å²) in [6, 6.07) is 3.82. The van der Waals surface area contributed by atoms with Crippen molar-refractivity contribution in [1.29, 1.82) is 0 Å². The Morgan fingerprint density at radius 3 is 2.80 bits per heavy atom. The highest BCUT2D eigenvalue weighted by atomic mass is 32.1. The van der Waals surface area contributed by atoms with Gasteiger partial charge < -0.3 is 9.52 Å². The molecule has 7 heteroatoms. The van der Waals surface area contributed by atoms with E-state index in [2.05, 4.69) is 10.2 Å². The molecule has 6 nitrogen and oxygen atoms in total. The molecular formula is C13H17N3O3S. The number of thiophene rings is 1. The lowest BCUT2D eigenvalue weighted by Crippen LogP contribution is -2.49. The van der Waals surface area contributed by atoms with Crippen molar-refractivity contribution >= 4 is 17.3 Å². The van der Waals surface area contributed by atoms with Crippen molar-refractivity contribution in [3.8, 4) is 10.8 Å². The third-order valence-electron chi connectivity index (χ3n) is 3.22. The Labute approximate surface area is 121 Å². The van der Waals surface area contributed by atoms with Crippen molar-refractivity contribution in [3.63, 3.8) is 0 Å². The van der Waals surface area contributed by atoms with Gasteiger partial charge in [0.15, 0.2) is 0 Å². The highest BCUT2D eigenvalue weighted by Crippen LogP contribution is 2.24. The summed E-state index contributed by atoms with van der Waals surface area (Å²) in [6.45, 7) is 6.12. The first-order valence-electron chi connectivity index (χ1n) is 6.30. The van der Waals surface area contributed by atoms with E-state index >= 15 is 0 Å². The second-order valence-corrected chi connectivity index (χ2v) is 5.80. The standard InChI is InChI=1S/C13H17N3O3S/c1-4-16(13(2,3)12(17)18)8-10-14-15-11(19-10)9-6-5-7-20-9/h5-7H,4,8H2,1-3H3,(H,17,18). The smallest absolute Gasteiger partial charge is 0.323 e. The Balaban J connectivity index is 2.15. The van der Waals surface area contributed by atoms with E-state index in [9.17, 15) is 9.90 Å². The van der Waals surface area contributed by atoms with Crippen LogP contribution < -0.4 is 0 Å². The number of carboxylic acid groups (broad SMARTS) is 1. The van der Waals surface area contributed by atoms with Gasteiger partial charge in [-0.15, -0.1) is 21.5 Å². The van der Waals surface area contributed by atoms with Crippen molar-refractivity contribution in [3.05, 3.63) is 23.4 Å². The number of hydrogen-bond donors (Lipinski definition) is 1. The average molecular weight is 295 g/mol. The van der Waals surface area contributed by atoms with E-state index in [0.717, 1.165) is 4.88 Å². The number of aromatic nitrogens is 2. The van der Waals surface area contributed by atoms with E-state index in [4.69, 9.17) is 4.42 Å². The molecule has 0 aromatic carbocycles. The zero-order valence-electron chi connectivity index (χ0n) is 11.7. The maximum absolute atomic E-state index is 11.3. The van der Waals surface area contributed by atoms with Crippen molar-refractivity contribution in [2.24, 2.45) is 0 Å². The molecule has 108 valence electrons. The molecule has 1 N–H and O–H groups in total. The van der Waals surface area contributed by atoms with Crippen LogP contribution in [0.5, 0.6) is 0 Å². The van der Waals surface area contributed by atoms with Gasteiger partial charge >= 0.3 is 5.97 Å². The Hall–Kier alpha value is -1.73. The molecule has 0 amide bonds. The average Bonchev–Trinajstić information content (AvgIpc) is 3.06. The monoisotopic (exact) mass is 295 g/mol. The van der Waals surface area contributed by atoms with Crippen LogP contribution in [0.2, 0.25) is 0 Å². The number of aliphatic carboxylic acids is 1. The van der Waals surface area contributed by atoms with E-state index < -0.39 is 11.5 Å². The molecule has 0 bridgehead atoms. The van der Waals surface area contributed by atoms with E-state index in [0.29, 0.717) is 24.9 Å². The molecule has 0 saturated carbocycles. The fraction of sp³-hybridized carbons (Fsp3) is 0.462. The van der Waals surface area contributed by atoms with Gasteiger partial charge in [0.2, 0.25) is 5.89 Å². The number of likely N-dealkylation sites (N-methyl/N-ethyl adjacent to an activating group) is 1. The van der Waals surface area contributed by atoms with Crippen LogP contribution in [0.4, 0.5) is 0 Å². The van der Waals surface area contributed by atoms with Crippen LogP contribution >= 0.6 is 11.3 Å². The molecule has 2 rings (SSSR count). The van der Waals surface area contributed by atoms with Crippen molar-refractivity contribution in [2.45, 2.75) is 32.9 Å². The Kier molecular flexibility index (Phi) is 4.20. The third-order valence-corrected chi connectivity index (χ3v) is 4.08. The number of carbonyl (C=O) groups is 1. The third kappa shape index (κ3) is 2.88. The van der Waals surface area contributed by atoms with Gasteiger partial charge in [-0.3, -0.25) is 9.69 Å². The Bertz CT molecular complexity index is 577. The van der Waals surface area contributed by atoms with Gasteiger partial charge in [-0.1, -0.05) is 13.0 Å². The number of rotatable bonds is 6. The largest absolute Gasteiger partial charge is 0.480 e. The number of carboxylic acids is 1. The molecule has 2 aromatic rings. The summed E-state index contributed by atoms with van der Waals surface area (Å²) >= 11 is 1.52. The summed E-state index contributed by atoms with van der Waals surface area (Å²) in [5, 5.41) is 19.2. The second kappa shape index (κ2) is 5.72. The minimum atomic E-state index is -0.980. The zero-order valence-corrected chi connectivity index (χ0v) is 12.5. The minimum Gasteiger partial charge on any atom is -0.480 e. The van der Waals surface area contributed by atoms with Gasteiger partial charge in [0, 0.05) is 0 Å². The topological polar surface area (TPSA) is 79.5 Å². The number of hydrogen-bond acceptors (Lipinski definition) is 6. The number of nitrogens with zero attached hydrogens (tertiary/aromatic N) is 3. The molecule has 2 heterocycles. The highest BCUT2D eigenvalue weighted by molar-refractivity contribution is 7.13. The molecule has 2 aromatic heterocycles. The maximum atomic E-state index is 11.3. The van der Waals surface area contributed by atoms with Crippen LogP contribution in [0.25, 0.3) is 10.8 Å². The van der Waals surface area contributed by atoms with Crippen LogP contribution in [-0.2, 0) is 11.3 Å². The molecule has 0 radical (unpaired) electrons. The molecule has 0 atom stereocenters. The van der Waals surface area contributed by atoms with Gasteiger partial charge in [0.25, 0.3) is 5.89 Å². The van der Waals surface area contributed by atoms with Crippen LogP contribution in [-0.4, -0.2) is 38.3 Å². The fourth-order valence-corrected chi connectivity index (χ4v) is 2.46. The molecule has 0 unspecified atom stereocenters. The molecule has 20 heavy (non-hydrogen) atoms. The summed E-state index contributed by atoms with van der Waals surface area (Å²) in [6.07, 6.45) is 0. The van der Waals surface area contributed by atoms with Crippen molar-refractivity contribution < 1.29 is 14.3 Å². The highest BCUT2D eigenvalue weighted by Gasteiger charge is 2.34. The SMILES string of the molecule is CCN(Cc1nnc(-c2cccs2)o1)C(C)(C)C(=O)O. The van der Waals surface area contributed by atoms with Crippen LogP contribution in [0.15, 0.2) is 21.9 Å². The zero-order chi connectivity index (χ0) is 14.8. The Morgan fingerprint density at radius 1 is 1.50 bits per heavy atom. The lowest BCUT2D eigenvalue weighted by atomic mass is 10.0. The van der Waals surface area contributed by atoms with E-state index in [1.54, 1.807) is 18.7 Å².